The van der Waals surface area contributed by atoms with Gasteiger partial charge in [-0.15, -0.1) is 0 Å². The van der Waals surface area contributed by atoms with Crippen molar-refractivity contribution in [2.75, 3.05) is 25.5 Å². The Balaban J connectivity index is 1.70. The van der Waals surface area contributed by atoms with Gasteiger partial charge in [0.25, 0.3) is 5.91 Å². The van der Waals surface area contributed by atoms with Crippen LogP contribution in [-0.4, -0.2) is 45.2 Å². The van der Waals surface area contributed by atoms with Crippen LogP contribution in [0.3, 0.4) is 0 Å². The normalized spacial score (nSPS) is 14.5. The standard InChI is InChI=1S/C20H22FN3O4S/c1-23(2)29(27,28)16-9-10-18(21)17(12-16)20(26)22-13-14-5-7-15(8-6-14)24-11-3-4-19(24)25/h5-10,12H,3-4,11,13H2,1-2H3,(H,22,26). The molecule has 1 aliphatic rings. The van der Waals surface area contributed by atoms with Gasteiger partial charge in [-0.25, -0.2) is 17.1 Å². The number of amides is 2. The molecule has 0 aliphatic carbocycles. The number of anilines is 1. The first-order valence-electron chi connectivity index (χ1n) is 9.10. The molecule has 0 atom stereocenters. The third kappa shape index (κ3) is 4.46. The topological polar surface area (TPSA) is 86.8 Å². The molecule has 0 aromatic heterocycles. The lowest BCUT2D eigenvalue weighted by Crippen LogP contribution is -2.26. The first-order valence-corrected chi connectivity index (χ1v) is 10.5. The second-order valence-corrected chi connectivity index (χ2v) is 9.08. The van der Waals surface area contributed by atoms with Crippen LogP contribution in [0.2, 0.25) is 0 Å². The summed E-state index contributed by atoms with van der Waals surface area (Å²) >= 11 is 0. The van der Waals surface area contributed by atoms with Gasteiger partial charge in [-0.2, -0.15) is 0 Å². The molecule has 0 bridgehead atoms. The van der Waals surface area contributed by atoms with E-state index in [-0.39, 0.29) is 22.9 Å². The third-order valence-electron chi connectivity index (χ3n) is 4.74. The van der Waals surface area contributed by atoms with Crippen molar-refractivity contribution in [2.45, 2.75) is 24.3 Å². The summed E-state index contributed by atoms with van der Waals surface area (Å²) in [5.41, 5.74) is 1.23. The molecule has 29 heavy (non-hydrogen) atoms. The van der Waals surface area contributed by atoms with Crippen LogP contribution in [0.25, 0.3) is 0 Å². The molecule has 0 unspecified atom stereocenters. The predicted molar refractivity (Wildman–Crippen MR) is 106 cm³/mol. The molecule has 7 nitrogen and oxygen atoms in total. The number of nitrogens with zero attached hydrogens (tertiary/aromatic N) is 2. The zero-order valence-corrected chi connectivity index (χ0v) is 17.0. The Morgan fingerprint density at radius 2 is 1.86 bits per heavy atom. The number of halogens is 1. The van der Waals surface area contributed by atoms with E-state index < -0.39 is 21.7 Å². The molecule has 2 amide bonds. The van der Waals surface area contributed by atoms with Crippen LogP contribution in [-0.2, 0) is 21.4 Å². The van der Waals surface area contributed by atoms with E-state index in [4.69, 9.17) is 0 Å². The van der Waals surface area contributed by atoms with E-state index in [1.807, 2.05) is 0 Å². The van der Waals surface area contributed by atoms with Gasteiger partial charge >= 0.3 is 0 Å². The summed E-state index contributed by atoms with van der Waals surface area (Å²) in [6.45, 7) is 0.831. The van der Waals surface area contributed by atoms with Crippen molar-refractivity contribution in [1.29, 1.82) is 0 Å². The number of hydrogen-bond acceptors (Lipinski definition) is 4. The lowest BCUT2D eigenvalue weighted by atomic mass is 10.1. The molecule has 1 saturated heterocycles. The zero-order valence-electron chi connectivity index (χ0n) is 16.2. The highest BCUT2D eigenvalue weighted by Crippen LogP contribution is 2.22. The van der Waals surface area contributed by atoms with Crippen LogP contribution in [0.15, 0.2) is 47.4 Å². The Hall–Kier alpha value is -2.78. The van der Waals surface area contributed by atoms with Crippen LogP contribution in [0.4, 0.5) is 10.1 Å². The maximum absolute atomic E-state index is 14.1. The van der Waals surface area contributed by atoms with E-state index in [2.05, 4.69) is 5.32 Å². The maximum Gasteiger partial charge on any atom is 0.254 e. The molecule has 1 fully saturated rings. The summed E-state index contributed by atoms with van der Waals surface area (Å²) in [5.74, 6) is -1.42. The largest absolute Gasteiger partial charge is 0.348 e. The summed E-state index contributed by atoms with van der Waals surface area (Å²) in [5, 5.41) is 2.59. The molecule has 154 valence electrons. The Bertz CT molecular complexity index is 1040. The molecule has 2 aromatic carbocycles. The van der Waals surface area contributed by atoms with Gasteiger partial charge in [0.15, 0.2) is 0 Å². The number of rotatable bonds is 6. The van der Waals surface area contributed by atoms with Crippen LogP contribution in [0, 0.1) is 5.82 Å². The average Bonchev–Trinajstić information content (AvgIpc) is 3.12. The SMILES string of the molecule is CN(C)S(=O)(=O)c1ccc(F)c(C(=O)NCc2ccc(N3CCCC3=O)cc2)c1. The number of sulfonamides is 1. The Morgan fingerprint density at radius 3 is 2.45 bits per heavy atom. The van der Waals surface area contributed by atoms with Crippen molar-refractivity contribution in [3.8, 4) is 0 Å². The van der Waals surface area contributed by atoms with Gasteiger partial charge in [-0.3, -0.25) is 9.59 Å². The first-order chi connectivity index (χ1) is 13.7. The molecule has 1 aliphatic heterocycles. The second-order valence-electron chi connectivity index (χ2n) is 6.93. The number of benzene rings is 2. The Labute approximate surface area is 169 Å². The minimum atomic E-state index is -3.78. The van der Waals surface area contributed by atoms with E-state index in [0.29, 0.717) is 13.0 Å². The summed E-state index contributed by atoms with van der Waals surface area (Å²) < 4.78 is 39.5. The van der Waals surface area contributed by atoms with Crippen molar-refractivity contribution < 1.29 is 22.4 Å². The van der Waals surface area contributed by atoms with E-state index in [9.17, 15) is 22.4 Å². The lowest BCUT2D eigenvalue weighted by molar-refractivity contribution is -0.117. The number of carbonyl (C=O) groups is 2. The molecule has 0 saturated carbocycles. The minimum Gasteiger partial charge on any atom is -0.348 e. The van der Waals surface area contributed by atoms with Gasteiger partial charge in [0.2, 0.25) is 15.9 Å². The molecule has 1 N–H and O–H groups in total. The van der Waals surface area contributed by atoms with Gasteiger partial charge in [0.05, 0.1) is 10.5 Å². The van der Waals surface area contributed by atoms with Crippen LogP contribution >= 0.6 is 0 Å². The maximum atomic E-state index is 14.1. The van der Waals surface area contributed by atoms with E-state index in [0.717, 1.165) is 40.2 Å². The van der Waals surface area contributed by atoms with Crippen molar-refractivity contribution >= 4 is 27.5 Å². The van der Waals surface area contributed by atoms with Gasteiger partial charge in [0, 0.05) is 39.3 Å². The lowest BCUT2D eigenvalue weighted by Gasteiger charge is -2.16. The Morgan fingerprint density at radius 1 is 1.17 bits per heavy atom. The second kappa shape index (κ2) is 8.30. The highest BCUT2D eigenvalue weighted by molar-refractivity contribution is 7.89. The minimum absolute atomic E-state index is 0.0917. The summed E-state index contributed by atoms with van der Waals surface area (Å²) in [7, 11) is -1.06. The number of nitrogens with one attached hydrogen (secondary N) is 1. The van der Waals surface area contributed by atoms with Crippen molar-refractivity contribution in [3.63, 3.8) is 0 Å². The Kier molecular flexibility index (Phi) is 5.99. The van der Waals surface area contributed by atoms with Crippen LogP contribution in [0.1, 0.15) is 28.8 Å². The monoisotopic (exact) mass is 419 g/mol. The smallest absolute Gasteiger partial charge is 0.254 e. The van der Waals surface area contributed by atoms with Gasteiger partial charge in [0.1, 0.15) is 5.82 Å². The highest BCUT2D eigenvalue weighted by Gasteiger charge is 2.22. The molecule has 3 rings (SSSR count). The van der Waals surface area contributed by atoms with E-state index in [1.165, 1.54) is 14.1 Å². The first kappa shape index (κ1) is 20.9. The summed E-state index contributed by atoms with van der Waals surface area (Å²) in [6, 6.07) is 10.3. The van der Waals surface area contributed by atoms with Crippen molar-refractivity contribution in [1.82, 2.24) is 9.62 Å². The summed E-state index contributed by atoms with van der Waals surface area (Å²) in [6.07, 6.45) is 1.39. The van der Waals surface area contributed by atoms with Crippen LogP contribution < -0.4 is 10.2 Å². The predicted octanol–water partition coefficient (Wildman–Crippen LogP) is 2.13. The summed E-state index contributed by atoms with van der Waals surface area (Å²) in [4.78, 5) is 25.7. The van der Waals surface area contributed by atoms with E-state index in [1.54, 1.807) is 29.2 Å². The molecular formula is C20H22FN3O4S. The van der Waals surface area contributed by atoms with Crippen molar-refractivity contribution in [2.24, 2.45) is 0 Å². The van der Waals surface area contributed by atoms with Crippen LogP contribution in [0.5, 0.6) is 0 Å². The fourth-order valence-electron chi connectivity index (χ4n) is 3.04. The van der Waals surface area contributed by atoms with Gasteiger partial charge < -0.3 is 10.2 Å². The zero-order chi connectivity index (χ0) is 21.2. The van der Waals surface area contributed by atoms with E-state index >= 15 is 0 Å². The fourth-order valence-corrected chi connectivity index (χ4v) is 3.97. The molecule has 2 aromatic rings. The number of carbonyl (C=O) groups excluding carboxylic acids is 2. The molecule has 9 heteroatoms. The quantitative estimate of drug-likeness (QED) is 0.777. The molecule has 1 heterocycles. The molecule has 0 spiro atoms. The van der Waals surface area contributed by atoms with Crippen molar-refractivity contribution in [3.05, 3.63) is 59.4 Å². The average molecular weight is 419 g/mol. The van der Waals surface area contributed by atoms with Gasteiger partial charge in [-0.1, -0.05) is 12.1 Å². The van der Waals surface area contributed by atoms with Gasteiger partial charge in [-0.05, 0) is 42.3 Å². The highest BCUT2D eigenvalue weighted by atomic mass is 32.2. The third-order valence-corrected chi connectivity index (χ3v) is 6.55. The number of hydrogen-bond donors (Lipinski definition) is 1. The molecular weight excluding hydrogens is 397 g/mol. The fraction of sp³-hybridized carbons (Fsp3) is 0.300. The molecule has 0 radical (unpaired) electrons.